The molecule has 20 heteroatoms. The number of amides is 5. The lowest BCUT2D eigenvalue weighted by Crippen LogP contribution is -2.55. The minimum Gasteiger partial charge on any atom is -0.488 e. The number of primary amides is 1. The lowest BCUT2D eigenvalue weighted by Gasteiger charge is -2.46. The Morgan fingerprint density at radius 1 is 0.895 bits per heavy atom. The molecule has 5 N–H and O–H groups in total. The van der Waals surface area contributed by atoms with Crippen molar-refractivity contribution in [1.29, 1.82) is 0 Å². The maximum Gasteiger partial charge on any atom is 0.329 e. The molecule has 1 aliphatic carbocycles. The van der Waals surface area contributed by atoms with E-state index in [2.05, 4.69) is 25.5 Å². The molecule has 5 aliphatic heterocycles. The van der Waals surface area contributed by atoms with Crippen molar-refractivity contribution < 1.29 is 51.3 Å². The third-order valence-corrected chi connectivity index (χ3v) is 17.7. The first-order valence-electron chi connectivity index (χ1n) is 26.5. The number of aryl methyl sites for hydroxylation is 1. The number of piperidine rings is 2. The fourth-order valence-corrected chi connectivity index (χ4v) is 13.8. The summed E-state index contributed by atoms with van der Waals surface area (Å²) in [6.07, 6.45) is 7.64. The predicted molar refractivity (Wildman–Crippen MR) is 275 cm³/mol. The van der Waals surface area contributed by atoms with Gasteiger partial charge in [-0.2, -0.15) is 5.10 Å². The Balaban J connectivity index is 0.733. The van der Waals surface area contributed by atoms with Crippen molar-refractivity contribution in [1.82, 2.24) is 30.2 Å². The van der Waals surface area contributed by atoms with Crippen LogP contribution in [0.4, 0.5) is 28.2 Å². The van der Waals surface area contributed by atoms with Crippen LogP contribution in [-0.4, -0.2) is 112 Å². The van der Waals surface area contributed by atoms with Crippen LogP contribution >= 0.6 is 11.6 Å². The van der Waals surface area contributed by atoms with Gasteiger partial charge in [0.2, 0.25) is 17.7 Å². The SMILES string of the molecule is C[C@H]1c2c(cc(F)c(Cl)c2-c2c(C(N)=O)ccc(OCCO)c2F)O[C@]1(CNC1CCC(C(=O)N2C3CCC2CC(N2CCC(c4c(F)cc5c(N6CCC(=O)NC6=O)nn(C)c5c4F)CC2)C3)CC1)c1ccccc1. The number of carbonyl (C=O) groups excluding carboxylic acids is 4. The van der Waals surface area contributed by atoms with E-state index in [4.69, 9.17) is 26.8 Å². The second-order valence-electron chi connectivity index (χ2n) is 21.5. The minimum atomic E-state index is -1.14. The number of hydrogen-bond donors (Lipinski definition) is 4. The average molecular weight is 1070 g/mol. The number of hydrogen-bond acceptors (Lipinski definition) is 10. The van der Waals surface area contributed by atoms with Crippen LogP contribution in [0.25, 0.3) is 22.0 Å². The van der Waals surface area contributed by atoms with E-state index in [0.29, 0.717) is 44.3 Å². The van der Waals surface area contributed by atoms with Crippen molar-refractivity contribution in [2.24, 2.45) is 18.7 Å². The largest absolute Gasteiger partial charge is 0.488 e. The number of ether oxygens (including phenoxy) is 2. The molecule has 15 nitrogen and oxygen atoms in total. The summed E-state index contributed by atoms with van der Waals surface area (Å²) < 4.78 is 78.4. The van der Waals surface area contributed by atoms with Crippen LogP contribution in [0.3, 0.4) is 0 Å². The number of halogens is 5. The van der Waals surface area contributed by atoms with Gasteiger partial charge in [0, 0.05) is 90.9 Å². The topological polar surface area (TPSA) is 185 Å². The summed E-state index contributed by atoms with van der Waals surface area (Å²) in [5, 5.41) is 19.5. The van der Waals surface area contributed by atoms with E-state index >= 15 is 17.6 Å². The molecule has 6 heterocycles. The fourth-order valence-electron chi connectivity index (χ4n) is 13.6. The van der Waals surface area contributed by atoms with E-state index in [0.717, 1.165) is 44.1 Å². The number of carbonyl (C=O) groups is 4. The van der Waals surface area contributed by atoms with Crippen molar-refractivity contribution in [3.63, 3.8) is 0 Å². The number of aromatic nitrogens is 2. The van der Waals surface area contributed by atoms with Gasteiger partial charge in [0.05, 0.1) is 22.6 Å². The first-order chi connectivity index (χ1) is 36.6. The van der Waals surface area contributed by atoms with E-state index in [1.54, 1.807) is 7.05 Å². The lowest BCUT2D eigenvalue weighted by atomic mass is 9.77. The van der Waals surface area contributed by atoms with Gasteiger partial charge in [-0.3, -0.25) is 29.3 Å². The van der Waals surface area contributed by atoms with Gasteiger partial charge < -0.3 is 35.4 Å². The molecule has 6 aliphatic rings. The van der Waals surface area contributed by atoms with Gasteiger partial charge in [0.1, 0.15) is 29.5 Å². The molecule has 0 radical (unpaired) electrons. The third kappa shape index (κ3) is 8.93. The highest BCUT2D eigenvalue weighted by atomic mass is 35.5. The van der Waals surface area contributed by atoms with Crippen molar-refractivity contribution >= 4 is 52.1 Å². The number of benzene rings is 4. The zero-order valence-corrected chi connectivity index (χ0v) is 43.1. The summed E-state index contributed by atoms with van der Waals surface area (Å²) in [6.45, 7) is 2.94. The molecule has 2 bridgehead atoms. The van der Waals surface area contributed by atoms with Crippen molar-refractivity contribution in [2.45, 2.75) is 119 Å². The Bertz CT molecular complexity index is 3120. The number of nitrogens with zero attached hydrogens (tertiary/aromatic N) is 5. The van der Waals surface area contributed by atoms with Crippen LogP contribution in [0.15, 0.2) is 54.6 Å². The molecule has 76 heavy (non-hydrogen) atoms. The number of aliphatic hydroxyl groups is 1. The summed E-state index contributed by atoms with van der Waals surface area (Å²) >= 11 is 6.74. The second kappa shape index (κ2) is 20.6. The van der Waals surface area contributed by atoms with Crippen LogP contribution in [-0.2, 0) is 22.2 Å². The monoisotopic (exact) mass is 1070 g/mol. The second-order valence-corrected chi connectivity index (χ2v) is 21.8. The number of nitrogens with two attached hydrogens (primary N) is 1. The maximum atomic E-state index is 16.5. The molecule has 5 aromatic rings. The molecule has 4 atom stereocenters. The third-order valence-electron chi connectivity index (χ3n) is 17.4. The maximum absolute atomic E-state index is 16.5. The molecule has 1 saturated carbocycles. The molecular formula is C56H61ClF4N8O7. The molecule has 5 fully saturated rings. The van der Waals surface area contributed by atoms with E-state index in [1.807, 2.05) is 37.3 Å². The molecule has 1 aromatic heterocycles. The molecule has 4 aromatic carbocycles. The van der Waals surface area contributed by atoms with Crippen LogP contribution in [0.5, 0.6) is 11.5 Å². The Labute approximate surface area is 442 Å². The fraction of sp³-hybridized carbons (Fsp3) is 0.482. The van der Waals surface area contributed by atoms with Crippen molar-refractivity contribution in [3.8, 4) is 22.6 Å². The molecule has 11 rings (SSSR count). The molecular weight excluding hydrogens is 1010 g/mol. The van der Waals surface area contributed by atoms with Crippen LogP contribution < -0.4 is 30.7 Å². The zero-order chi connectivity index (χ0) is 53.3. The number of anilines is 1. The van der Waals surface area contributed by atoms with Crippen molar-refractivity contribution in [2.75, 3.05) is 44.3 Å². The van der Waals surface area contributed by atoms with Gasteiger partial charge >= 0.3 is 6.03 Å². The summed E-state index contributed by atoms with van der Waals surface area (Å²) in [6, 6.07) is 14.3. The minimum absolute atomic E-state index is 0.0231. The summed E-state index contributed by atoms with van der Waals surface area (Å²) in [5.74, 6) is -5.47. The van der Waals surface area contributed by atoms with Gasteiger partial charge in [-0.05, 0) is 107 Å². The number of likely N-dealkylation sites (tertiary alicyclic amines) is 1. The number of nitrogens with one attached hydrogen (secondary N) is 2. The highest BCUT2D eigenvalue weighted by Crippen LogP contribution is 2.57. The molecule has 2 unspecified atom stereocenters. The normalized spacial score (nSPS) is 25.9. The Kier molecular flexibility index (Phi) is 14.0. The van der Waals surface area contributed by atoms with Gasteiger partial charge in [-0.15, -0.1) is 0 Å². The molecule has 402 valence electrons. The van der Waals surface area contributed by atoms with E-state index in [-0.39, 0.29) is 119 Å². The van der Waals surface area contributed by atoms with Crippen LogP contribution in [0.2, 0.25) is 5.02 Å². The molecule has 4 saturated heterocycles. The van der Waals surface area contributed by atoms with Gasteiger partial charge in [0.15, 0.2) is 28.8 Å². The van der Waals surface area contributed by atoms with E-state index < -0.39 is 64.3 Å². The van der Waals surface area contributed by atoms with Crippen LogP contribution in [0.1, 0.15) is 116 Å². The lowest BCUT2D eigenvalue weighted by molar-refractivity contribution is -0.142. The summed E-state index contributed by atoms with van der Waals surface area (Å²) in [5.41, 5.74) is 5.33. The number of rotatable bonds is 13. The summed E-state index contributed by atoms with van der Waals surface area (Å²) in [4.78, 5) is 57.5. The van der Waals surface area contributed by atoms with E-state index in [9.17, 15) is 24.3 Å². The first kappa shape index (κ1) is 51.8. The predicted octanol–water partition coefficient (Wildman–Crippen LogP) is 8.31. The van der Waals surface area contributed by atoms with Gasteiger partial charge in [0.25, 0.3) is 0 Å². The molecule has 5 amide bonds. The zero-order valence-electron chi connectivity index (χ0n) is 42.4. The van der Waals surface area contributed by atoms with E-state index in [1.165, 1.54) is 33.8 Å². The van der Waals surface area contributed by atoms with Gasteiger partial charge in [-0.25, -0.2) is 22.4 Å². The number of imide groups is 1. The smallest absolute Gasteiger partial charge is 0.329 e. The average Bonchev–Trinajstić information content (AvgIpc) is 4.01. The standard InChI is InChI=1S/C56H61ClF4N8O7/c1-29-44-42(27-40(59)48(57)47(44)46-37(52(62)72)14-15-41(49(46)60)75-23-22-70)76-56(29,32-6-4-3-5-7-32)28-63-33-10-8-31(9-11-33)54(73)69-34-12-13-35(69)25-36(24-34)67-19-16-30(17-20-67)45-39(58)26-38-51(50(45)61)66(2)65-53(38)68-21-18-43(71)64-55(68)74/h3-7,14-15,26-27,29-31,33-36,63,70H,8-13,16-25,28H2,1-2H3,(H2,62,72)(H,64,71,74)/t29-,31?,33?,34?,35?,36?,56-/m0/s1. The highest BCUT2D eigenvalue weighted by molar-refractivity contribution is 6.34. The first-order valence-corrected chi connectivity index (χ1v) is 26.8. The number of fused-ring (bicyclic) bond motifs is 4. The Morgan fingerprint density at radius 2 is 1.61 bits per heavy atom. The Morgan fingerprint density at radius 3 is 2.28 bits per heavy atom. The summed E-state index contributed by atoms with van der Waals surface area (Å²) in [7, 11) is 1.56. The number of urea groups is 1. The number of aliphatic hydroxyl groups excluding tert-OH is 1. The van der Waals surface area contributed by atoms with Crippen molar-refractivity contribution in [3.05, 3.63) is 105 Å². The quantitative estimate of drug-likeness (QED) is 0.0837. The van der Waals surface area contributed by atoms with Crippen LogP contribution in [0, 0.1) is 29.2 Å². The Hall–Kier alpha value is -6.28. The van der Waals surface area contributed by atoms with Gasteiger partial charge in [-0.1, -0.05) is 48.9 Å². The highest BCUT2D eigenvalue weighted by Gasteiger charge is 2.51. The molecule has 0 spiro atoms.